The molecule has 198 valence electrons. The standard InChI is InChI=1S/C23H28FN6O6P/c1-3-33-23(31)15(2)29-37(32,13-34-16-7-5-4-6-8-16)14-35-19-9-17(24)18(36-19)10-30-12-28-20-21(25)26-11-27-22(20)30/h4-9,11-12,15,18-19H,3,10,13-14H2,1-2H3,(H,29,32)(H2,25,26,27)/t15?,18?,19-,37+/m0/s1. The molecule has 1 aromatic carbocycles. The van der Waals surface area contributed by atoms with Crippen LogP contribution in [0.2, 0.25) is 0 Å². The molecule has 12 nitrogen and oxygen atoms in total. The molecule has 0 radical (unpaired) electrons. The van der Waals surface area contributed by atoms with Crippen LogP contribution in [0.5, 0.6) is 5.75 Å². The smallest absolute Gasteiger partial charge is 0.323 e. The number of rotatable bonds is 12. The van der Waals surface area contributed by atoms with Crippen molar-refractivity contribution in [3.8, 4) is 5.75 Å². The molecule has 37 heavy (non-hydrogen) atoms. The number of para-hydroxylation sites is 1. The van der Waals surface area contributed by atoms with E-state index in [9.17, 15) is 13.8 Å². The van der Waals surface area contributed by atoms with E-state index in [2.05, 4.69) is 20.0 Å². The maximum absolute atomic E-state index is 14.7. The minimum atomic E-state index is -3.48. The second-order valence-corrected chi connectivity index (χ2v) is 10.8. The average Bonchev–Trinajstić information content (AvgIpc) is 3.46. The fourth-order valence-electron chi connectivity index (χ4n) is 3.61. The number of ether oxygens (including phenoxy) is 4. The van der Waals surface area contributed by atoms with Crippen molar-refractivity contribution in [2.24, 2.45) is 0 Å². The van der Waals surface area contributed by atoms with Crippen LogP contribution in [-0.2, 0) is 30.1 Å². The number of fused-ring (bicyclic) bond motifs is 1. The highest BCUT2D eigenvalue weighted by molar-refractivity contribution is 7.61. The summed E-state index contributed by atoms with van der Waals surface area (Å²) in [5, 5.41) is 2.78. The van der Waals surface area contributed by atoms with Gasteiger partial charge in [-0.1, -0.05) is 18.2 Å². The number of nitrogens with two attached hydrogens (primary N) is 1. The zero-order valence-corrected chi connectivity index (χ0v) is 21.2. The highest BCUT2D eigenvalue weighted by Gasteiger charge is 2.34. The number of hydrogen-bond acceptors (Lipinski definition) is 10. The van der Waals surface area contributed by atoms with E-state index in [1.54, 1.807) is 35.8 Å². The van der Waals surface area contributed by atoms with Crippen LogP contribution in [-0.4, -0.2) is 63.2 Å². The average molecular weight is 534 g/mol. The van der Waals surface area contributed by atoms with Gasteiger partial charge in [0.15, 0.2) is 24.1 Å². The van der Waals surface area contributed by atoms with Gasteiger partial charge in [-0.05, 0) is 26.0 Å². The first kappa shape index (κ1) is 26.7. The van der Waals surface area contributed by atoms with Gasteiger partial charge >= 0.3 is 5.97 Å². The molecule has 4 rings (SSSR count). The van der Waals surface area contributed by atoms with Gasteiger partial charge in [-0.25, -0.2) is 24.4 Å². The van der Waals surface area contributed by atoms with Crippen molar-refractivity contribution in [3.05, 3.63) is 54.9 Å². The topological polar surface area (TPSA) is 153 Å². The number of hydrogen-bond donors (Lipinski definition) is 2. The van der Waals surface area contributed by atoms with Crippen molar-refractivity contribution in [1.29, 1.82) is 0 Å². The lowest BCUT2D eigenvalue weighted by molar-refractivity contribution is -0.144. The minimum absolute atomic E-state index is 0.0576. The molecule has 3 N–H and O–H groups in total. The molecular weight excluding hydrogens is 506 g/mol. The van der Waals surface area contributed by atoms with E-state index in [0.717, 1.165) is 6.08 Å². The predicted octanol–water partition coefficient (Wildman–Crippen LogP) is 2.82. The third-order valence-electron chi connectivity index (χ3n) is 5.39. The number of carbonyl (C=O) groups excluding carboxylic acids is 1. The lowest BCUT2D eigenvalue weighted by Gasteiger charge is -2.24. The summed E-state index contributed by atoms with van der Waals surface area (Å²) in [5.41, 5.74) is 6.64. The summed E-state index contributed by atoms with van der Waals surface area (Å²) < 4.78 is 52.0. The predicted molar refractivity (Wildman–Crippen MR) is 132 cm³/mol. The Morgan fingerprint density at radius 1 is 1.27 bits per heavy atom. The normalized spacial score (nSPS) is 19.8. The quantitative estimate of drug-likeness (QED) is 0.261. The van der Waals surface area contributed by atoms with E-state index < -0.39 is 37.5 Å². The monoisotopic (exact) mass is 534 g/mol. The molecule has 1 aliphatic rings. The number of benzene rings is 1. The number of anilines is 1. The van der Waals surface area contributed by atoms with Crippen molar-refractivity contribution in [3.63, 3.8) is 0 Å². The second-order valence-electron chi connectivity index (χ2n) is 8.25. The number of nitrogen functional groups attached to an aromatic ring is 1. The molecule has 3 aromatic rings. The lowest BCUT2D eigenvalue weighted by Crippen LogP contribution is -2.36. The Hall–Kier alpha value is -3.38. The van der Waals surface area contributed by atoms with Crippen LogP contribution in [0.25, 0.3) is 11.2 Å². The highest BCUT2D eigenvalue weighted by Crippen LogP contribution is 2.43. The Kier molecular flexibility index (Phi) is 8.49. The van der Waals surface area contributed by atoms with Crippen molar-refractivity contribution in [2.75, 3.05) is 25.0 Å². The van der Waals surface area contributed by atoms with Gasteiger partial charge in [-0.15, -0.1) is 0 Å². The van der Waals surface area contributed by atoms with E-state index in [1.165, 1.54) is 19.6 Å². The summed E-state index contributed by atoms with van der Waals surface area (Å²) >= 11 is 0. The van der Waals surface area contributed by atoms with E-state index in [0.29, 0.717) is 16.9 Å². The molecule has 4 atom stereocenters. The number of carbonyl (C=O) groups is 1. The highest BCUT2D eigenvalue weighted by atomic mass is 31.2. The maximum atomic E-state index is 14.7. The van der Waals surface area contributed by atoms with Crippen LogP contribution in [0, 0.1) is 0 Å². The lowest BCUT2D eigenvalue weighted by atomic mass is 10.3. The van der Waals surface area contributed by atoms with Gasteiger partial charge in [0.2, 0.25) is 7.29 Å². The SMILES string of the molecule is CCOC(=O)C(C)N[P@@](=O)(COc1ccccc1)CO[C@@H]1C=C(F)C(Cn2cnc3c(N)ncnc32)O1. The molecule has 0 bridgehead atoms. The van der Waals surface area contributed by atoms with Crippen LogP contribution in [0.3, 0.4) is 0 Å². The summed E-state index contributed by atoms with van der Waals surface area (Å²) in [6.07, 6.45) is 1.17. The number of aromatic nitrogens is 4. The summed E-state index contributed by atoms with van der Waals surface area (Å²) in [5.74, 6) is -0.417. The molecule has 0 saturated heterocycles. The Balaban J connectivity index is 1.40. The zero-order valence-electron chi connectivity index (χ0n) is 20.3. The van der Waals surface area contributed by atoms with E-state index >= 15 is 0 Å². The van der Waals surface area contributed by atoms with Gasteiger partial charge in [-0.3, -0.25) is 4.79 Å². The summed E-state index contributed by atoms with van der Waals surface area (Å²) in [7, 11) is -3.48. The molecule has 14 heteroatoms. The maximum Gasteiger partial charge on any atom is 0.323 e. The fourth-order valence-corrected chi connectivity index (χ4v) is 5.39. The Bertz CT molecular complexity index is 1310. The van der Waals surface area contributed by atoms with Gasteiger partial charge in [0, 0.05) is 6.08 Å². The molecule has 0 spiro atoms. The summed E-state index contributed by atoms with van der Waals surface area (Å²) in [4.78, 5) is 24.3. The largest absolute Gasteiger partial charge is 0.484 e. The van der Waals surface area contributed by atoms with Crippen molar-refractivity contribution < 1.29 is 32.7 Å². The van der Waals surface area contributed by atoms with E-state index in [-0.39, 0.29) is 31.7 Å². The number of imidazole rings is 1. The third kappa shape index (κ3) is 6.69. The van der Waals surface area contributed by atoms with Crippen molar-refractivity contribution in [2.45, 2.75) is 38.8 Å². The van der Waals surface area contributed by atoms with Crippen LogP contribution >= 0.6 is 7.29 Å². The van der Waals surface area contributed by atoms with Gasteiger partial charge in [-0.2, -0.15) is 0 Å². The number of nitrogens with one attached hydrogen (secondary N) is 1. The molecule has 2 aromatic heterocycles. The van der Waals surface area contributed by atoms with Gasteiger partial charge in [0.1, 0.15) is 41.9 Å². The van der Waals surface area contributed by atoms with Gasteiger partial charge in [0.05, 0.1) is 19.5 Å². The molecule has 3 heterocycles. The summed E-state index contributed by atoms with van der Waals surface area (Å²) in [6.45, 7) is 3.44. The molecule has 2 unspecified atom stereocenters. The molecule has 0 fully saturated rings. The van der Waals surface area contributed by atoms with Crippen molar-refractivity contribution >= 4 is 30.2 Å². The van der Waals surface area contributed by atoms with Crippen LogP contribution in [0.4, 0.5) is 10.2 Å². The number of esters is 1. The third-order valence-corrected chi connectivity index (χ3v) is 7.36. The molecular formula is C23H28FN6O6P. The van der Waals surface area contributed by atoms with E-state index in [4.69, 9.17) is 24.7 Å². The zero-order chi connectivity index (χ0) is 26.4. The summed E-state index contributed by atoms with van der Waals surface area (Å²) in [6, 6.07) is 7.90. The van der Waals surface area contributed by atoms with Crippen molar-refractivity contribution in [1.82, 2.24) is 24.6 Å². The molecule has 1 aliphatic heterocycles. The Morgan fingerprint density at radius 2 is 2.05 bits per heavy atom. The number of nitrogens with zero attached hydrogens (tertiary/aromatic N) is 4. The first-order valence-corrected chi connectivity index (χ1v) is 13.6. The Morgan fingerprint density at radius 3 is 2.81 bits per heavy atom. The van der Waals surface area contributed by atoms with Gasteiger partial charge in [0.25, 0.3) is 0 Å². The molecule has 0 amide bonds. The number of halogens is 1. The minimum Gasteiger partial charge on any atom is -0.484 e. The first-order valence-electron chi connectivity index (χ1n) is 11.5. The van der Waals surface area contributed by atoms with Gasteiger partial charge < -0.3 is 33.8 Å². The molecule has 0 saturated carbocycles. The first-order chi connectivity index (χ1) is 17.8. The van der Waals surface area contributed by atoms with E-state index in [1.807, 2.05) is 6.07 Å². The second kappa shape index (κ2) is 11.8. The van der Waals surface area contributed by atoms with Crippen LogP contribution in [0.15, 0.2) is 54.9 Å². The fraction of sp³-hybridized carbons (Fsp3) is 0.391. The molecule has 0 aliphatic carbocycles. The van der Waals surface area contributed by atoms with Crippen LogP contribution in [0.1, 0.15) is 13.8 Å². The Labute approximate surface area is 212 Å². The van der Waals surface area contributed by atoms with Crippen LogP contribution < -0.4 is 15.6 Å².